The molecule has 0 heterocycles. The second-order valence-corrected chi connectivity index (χ2v) is 5.99. The van der Waals surface area contributed by atoms with Gasteiger partial charge in [-0.3, -0.25) is 19.8 Å². The molecule has 0 aromatic heterocycles. The summed E-state index contributed by atoms with van der Waals surface area (Å²) in [6.07, 6.45) is 1.85. The molecule has 0 N–H and O–H groups in total. The van der Waals surface area contributed by atoms with Crippen LogP contribution in [0.3, 0.4) is 0 Å². The van der Waals surface area contributed by atoms with Crippen molar-refractivity contribution >= 4 is 23.2 Å². The fourth-order valence-electron chi connectivity index (χ4n) is 2.37. The third-order valence-corrected chi connectivity index (χ3v) is 3.79. The molecule has 0 aliphatic rings. The average molecular weight is 342 g/mol. The molecule has 1 aromatic carbocycles. The summed E-state index contributed by atoms with van der Waals surface area (Å²) in [6, 6.07) is 4.35. The molecular formula is C16H24ClN3O3. The molecule has 128 valence electrons. The minimum Gasteiger partial charge on any atom is -0.342 e. The Morgan fingerprint density at radius 1 is 1.26 bits per heavy atom. The van der Waals surface area contributed by atoms with Crippen LogP contribution < -0.4 is 0 Å². The topological polar surface area (TPSA) is 66.7 Å². The Labute approximate surface area is 142 Å². The molecule has 6 nitrogen and oxygen atoms in total. The van der Waals surface area contributed by atoms with E-state index in [4.69, 9.17) is 11.6 Å². The highest BCUT2D eigenvalue weighted by Gasteiger charge is 2.16. The molecule has 7 heteroatoms. The number of carbonyl (C=O) groups excluding carboxylic acids is 1. The van der Waals surface area contributed by atoms with Gasteiger partial charge in [0.05, 0.1) is 11.5 Å². The van der Waals surface area contributed by atoms with Crippen LogP contribution in [0.4, 0.5) is 5.69 Å². The smallest absolute Gasteiger partial charge is 0.269 e. The highest BCUT2D eigenvalue weighted by molar-refractivity contribution is 6.31. The molecule has 1 amide bonds. The summed E-state index contributed by atoms with van der Waals surface area (Å²) >= 11 is 6.10. The molecule has 0 fully saturated rings. The molecule has 1 aromatic rings. The van der Waals surface area contributed by atoms with E-state index in [0.29, 0.717) is 17.1 Å². The predicted octanol–water partition coefficient (Wildman–Crippen LogP) is 3.33. The summed E-state index contributed by atoms with van der Waals surface area (Å²) < 4.78 is 0. The van der Waals surface area contributed by atoms with Crippen LogP contribution >= 0.6 is 11.6 Å². The minimum absolute atomic E-state index is 0.00252. The maximum absolute atomic E-state index is 12.3. The minimum atomic E-state index is -0.449. The third-order valence-electron chi connectivity index (χ3n) is 3.43. The van der Waals surface area contributed by atoms with E-state index in [2.05, 4.69) is 0 Å². The first-order valence-electron chi connectivity index (χ1n) is 7.78. The van der Waals surface area contributed by atoms with Crippen LogP contribution in [0, 0.1) is 10.1 Å². The molecule has 0 saturated carbocycles. The number of nitro groups is 1. The molecular weight excluding hydrogens is 318 g/mol. The maximum Gasteiger partial charge on any atom is 0.269 e. The lowest BCUT2D eigenvalue weighted by Gasteiger charge is -2.25. The van der Waals surface area contributed by atoms with Crippen molar-refractivity contribution in [3.05, 3.63) is 38.9 Å². The largest absolute Gasteiger partial charge is 0.342 e. The van der Waals surface area contributed by atoms with Crippen LogP contribution in [0.25, 0.3) is 0 Å². The molecule has 0 radical (unpaired) electrons. The number of benzene rings is 1. The van der Waals surface area contributed by atoms with Crippen molar-refractivity contribution in [3.8, 4) is 0 Å². The van der Waals surface area contributed by atoms with E-state index in [1.807, 2.05) is 30.7 Å². The third kappa shape index (κ3) is 6.15. The molecule has 1 rings (SSSR count). The average Bonchev–Trinajstić information content (AvgIpc) is 2.48. The summed E-state index contributed by atoms with van der Waals surface area (Å²) in [6.45, 7) is 6.23. The Kier molecular flexibility index (Phi) is 7.98. The van der Waals surface area contributed by atoms with Gasteiger partial charge < -0.3 is 4.90 Å². The number of nitro benzene ring substituents is 1. The van der Waals surface area contributed by atoms with Gasteiger partial charge in [0.2, 0.25) is 5.91 Å². The molecule has 0 aliphatic carbocycles. The summed E-state index contributed by atoms with van der Waals surface area (Å²) in [7, 11) is 1.81. The van der Waals surface area contributed by atoms with Gasteiger partial charge in [0.15, 0.2) is 0 Å². The molecule has 0 spiro atoms. The number of non-ortho nitro benzene ring substituents is 1. The summed E-state index contributed by atoms with van der Waals surface area (Å²) in [5, 5.41) is 11.3. The zero-order valence-corrected chi connectivity index (χ0v) is 14.7. The Bertz CT molecular complexity index is 545. The SMILES string of the molecule is CCCN(CCC)C(=O)CN(C)Cc1cc([N+](=O)[O-])ccc1Cl. The highest BCUT2D eigenvalue weighted by atomic mass is 35.5. The van der Waals surface area contributed by atoms with Crippen molar-refractivity contribution in [3.63, 3.8) is 0 Å². The number of halogens is 1. The lowest BCUT2D eigenvalue weighted by molar-refractivity contribution is -0.384. The van der Waals surface area contributed by atoms with E-state index in [1.54, 1.807) is 0 Å². The van der Waals surface area contributed by atoms with Gasteiger partial charge in [-0.05, 0) is 31.5 Å². The van der Waals surface area contributed by atoms with Crippen molar-refractivity contribution in [2.75, 3.05) is 26.7 Å². The summed E-state index contributed by atoms with van der Waals surface area (Å²) in [5.74, 6) is 0.0674. The zero-order chi connectivity index (χ0) is 17.4. The summed E-state index contributed by atoms with van der Waals surface area (Å²) in [5.41, 5.74) is 0.649. The normalized spacial score (nSPS) is 10.8. The van der Waals surface area contributed by atoms with Gasteiger partial charge in [-0.1, -0.05) is 25.4 Å². The first-order chi connectivity index (χ1) is 10.9. The fourth-order valence-corrected chi connectivity index (χ4v) is 2.55. The first-order valence-corrected chi connectivity index (χ1v) is 8.15. The number of hydrogen-bond acceptors (Lipinski definition) is 4. The Hall–Kier alpha value is -1.66. The summed E-state index contributed by atoms with van der Waals surface area (Å²) in [4.78, 5) is 26.4. The molecule has 0 bridgehead atoms. The van der Waals surface area contributed by atoms with Gasteiger partial charge in [0, 0.05) is 36.8 Å². The second kappa shape index (κ2) is 9.47. The number of hydrogen-bond donors (Lipinski definition) is 0. The van der Waals surface area contributed by atoms with E-state index < -0.39 is 4.92 Å². The number of carbonyl (C=O) groups is 1. The van der Waals surface area contributed by atoms with E-state index in [1.165, 1.54) is 18.2 Å². The Balaban J connectivity index is 2.72. The number of likely N-dealkylation sites (N-methyl/N-ethyl adjacent to an activating group) is 1. The molecule has 0 aliphatic heterocycles. The van der Waals surface area contributed by atoms with Crippen molar-refractivity contribution in [2.45, 2.75) is 33.2 Å². The van der Waals surface area contributed by atoms with Crippen molar-refractivity contribution in [2.24, 2.45) is 0 Å². The van der Waals surface area contributed by atoms with Gasteiger partial charge in [-0.25, -0.2) is 0 Å². The van der Waals surface area contributed by atoms with Gasteiger partial charge in [0.1, 0.15) is 0 Å². The van der Waals surface area contributed by atoms with Gasteiger partial charge >= 0.3 is 0 Å². The number of amides is 1. The monoisotopic (exact) mass is 341 g/mol. The Morgan fingerprint density at radius 3 is 2.39 bits per heavy atom. The van der Waals surface area contributed by atoms with Gasteiger partial charge in [-0.2, -0.15) is 0 Å². The standard InChI is InChI=1S/C16H24ClN3O3/c1-4-8-19(9-5-2)16(21)12-18(3)11-13-10-14(20(22)23)6-7-15(13)17/h6-7,10H,4-5,8-9,11-12H2,1-3H3. The first kappa shape index (κ1) is 19.4. The highest BCUT2D eigenvalue weighted by Crippen LogP contribution is 2.23. The van der Waals surface area contributed by atoms with E-state index in [0.717, 1.165) is 25.9 Å². The van der Waals surface area contributed by atoms with E-state index >= 15 is 0 Å². The molecule has 0 unspecified atom stereocenters. The zero-order valence-electron chi connectivity index (χ0n) is 13.9. The van der Waals surface area contributed by atoms with Crippen LogP contribution in [0.1, 0.15) is 32.3 Å². The van der Waals surface area contributed by atoms with Crippen LogP contribution in [-0.2, 0) is 11.3 Å². The van der Waals surface area contributed by atoms with Crippen LogP contribution in [-0.4, -0.2) is 47.3 Å². The second-order valence-electron chi connectivity index (χ2n) is 5.59. The Morgan fingerprint density at radius 2 is 1.87 bits per heavy atom. The molecule has 23 heavy (non-hydrogen) atoms. The lowest BCUT2D eigenvalue weighted by Crippen LogP contribution is -2.39. The van der Waals surface area contributed by atoms with Crippen LogP contribution in [0.5, 0.6) is 0 Å². The molecule has 0 atom stereocenters. The fraction of sp³-hybridized carbons (Fsp3) is 0.562. The van der Waals surface area contributed by atoms with E-state index in [-0.39, 0.29) is 18.1 Å². The van der Waals surface area contributed by atoms with Gasteiger partial charge in [0.25, 0.3) is 5.69 Å². The van der Waals surface area contributed by atoms with Crippen molar-refractivity contribution in [1.29, 1.82) is 0 Å². The lowest BCUT2D eigenvalue weighted by atomic mass is 10.2. The van der Waals surface area contributed by atoms with Crippen molar-refractivity contribution < 1.29 is 9.72 Å². The maximum atomic E-state index is 12.3. The quantitative estimate of drug-likeness (QED) is 0.510. The van der Waals surface area contributed by atoms with Gasteiger partial charge in [-0.15, -0.1) is 0 Å². The molecule has 0 saturated heterocycles. The van der Waals surface area contributed by atoms with Crippen molar-refractivity contribution in [1.82, 2.24) is 9.80 Å². The predicted molar refractivity (Wildman–Crippen MR) is 91.6 cm³/mol. The van der Waals surface area contributed by atoms with E-state index in [9.17, 15) is 14.9 Å². The number of rotatable bonds is 9. The van der Waals surface area contributed by atoms with Crippen LogP contribution in [0.15, 0.2) is 18.2 Å². The number of nitrogens with zero attached hydrogens (tertiary/aromatic N) is 3. The van der Waals surface area contributed by atoms with Crippen LogP contribution in [0.2, 0.25) is 5.02 Å².